The van der Waals surface area contributed by atoms with Crippen LogP contribution < -0.4 is 10.1 Å². The number of methoxy groups -OCH3 is 1. The topological polar surface area (TPSA) is 38.3 Å². The van der Waals surface area contributed by atoms with Crippen molar-refractivity contribution in [3.05, 3.63) is 29.3 Å². The maximum atomic E-state index is 12.0. The first-order valence-corrected chi connectivity index (χ1v) is 6.72. The van der Waals surface area contributed by atoms with Gasteiger partial charge in [0.15, 0.2) is 0 Å². The van der Waals surface area contributed by atoms with Crippen LogP contribution in [0.15, 0.2) is 18.2 Å². The summed E-state index contributed by atoms with van der Waals surface area (Å²) in [6.07, 6.45) is 6.23. The zero-order valence-corrected chi connectivity index (χ0v) is 10.8. The van der Waals surface area contributed by atoms with Gasteiger partial charge in [-0.15, -0.1) is 0 Å². The van der Waals surface area contributed by atoms with E-state index in [-0.39, 0.29) is 11.3 Å². The van der Waals surface area contributed by atoms with E-state index in [0.29, 0.717) is 0 Å². The van der Waals surface area contributed by atoms with Crippen molar-refractivity contribution in [3.8, 4) is 5.75 Å². The molecule has 0 unspecified atom stereocenters. The van der Waals surface area contributed by atoms with Crippen molar-refractivity contribution in [1.29, 1.82) is 0 Å². The van der Waals surface area contributed by atoms with Crippen LogP contribution in [-0.2, 0) is 5.41 Å². The lowest BCUT2D eigenvalue weighted by atomic mass is 9.66. The van der Waals surface area contributed by atoms with E-state index in [1.807, 2.05) is 12.1 Å². The van der Waals surface area contributed by atoms with Gasteiger partial charge in [0, 0.05) is 17.5 Å². The van der Waals surface area contributed by atoms with Gasteiger partial charge in [-0.05, 0) is 30.5 Å². The lowest BCUT2D eigenvalue weighted by Gasteiger charge is -2.42. The molecule has 1 fully saturated rings. The maximum Gasteiger partial charge on any atom is 0.251 e. The molecule has 1 aromatic carbocycles. The van der Waals surface area contributed by atoms with Gasteiger partial charge in [0.1, 0.15) is 5.75 Å². The fraction of sp³-hybridized carbons (Fsp3) is 0.533. The fourth-order valence-corrected chi connectivity index (χ4v) is 3.42. The molecule has 1 saturated carbocycles. The Bertz CT molecular complexity index is 475. The molecule has 1 N–H and O–H groups in total. The van der Waals surface area contributed by atoms with Crippen molar-refractivity contribution in [2.24, 2.45) is 0 Å². The maximum absolute atomic E-state index is 12.0. The normalized spacial score (nSPS) is 21.3. The summed E-state index contributed by atoms with van der Waals surface area (Å²) < 4.78 is 5.22. The minimum absolute atomic E-state index is 0.0418. The first kappa shape index (κ1) is 11.6. The lowest BCUT2D eigenvalue weighted by molar-refractivity contribution is 0.0912. The van der Waals surface area contributed by atoms with E-state index in [1.165, 1.54) is 37.7 Å². The molecule has 0 bridgehead atoms. The van der Waals surface area contributed by atoms with Crippen LogP contribution in [0.2, 0.25) is 0 Å². The molecule has 3 nitrogen and oxygen atoms in total. The van der Waals surface area contributed by atoms with E-state index >= 15 is 0 Å². The first-order valence-electron chi connectivity index (χ1n) is 6.72. The molecule has 0 radical (unpaired) electrons. The summed E-state index contributed by atoms with van der Waals surface area (Å²) in [5.74, 6) is 0.803. The molecule has 96 valence electrons. The molecule has 1 aromatic rings. The molecule has 0 saturated heterocycles. The molecule has 0 atom stereocenters. The van der Waals surface area contributed by atoms with Crippen LogP contribution in [0.3, 0.4) is 0 Å². The van der Waals surface area contributed by atoms with Crippen molar-refractivity contribution in [2.75, 3.05) is 13.7 Å². The third-order valence-corrected chi connectivity index (χ3v) is 4.44. The summed E-state index contributed by atoms with van der Waals surface area (Å²) in [7, 11) is 1.64. The highest BCUT2D eigenvalue weighted by molar-refractivity contribution is 5.97. The van der Waals surface area contributed by atoms with Gasteiger partial charge in [-0.25, -0.2) is 0 Å². The van der Waals surface area contributed by atoms with Gasteiger partial charge in [-0.3, -0.25) is 4.79 Å². The predicted molar refractivity (Wildman–Crippen MR) is 70.1 cm³/mol. The Labute approximate surface area is 108 Å². The van der Waals surface area contributed by atoms with Crippen LogP contribution in [0.1, 0.15) is 48.0 Å². The molecule has 3 heteroatoms. The highest BCUT2D eigenvalue weighted by Crippen LogP contribution is 2.43. The van der Waals surface area contributed by atoms with Crippen molar-refractivity contribution < 1.29 is 9.53 Å². The Morgan fingerprint density at radius 1 is 1.22 bits per heavy atom. The van der Waals surface area contributed by atoms with Crippen molar-refractivity contribution in [3.63, 3.8) is 0 Å². The number of carbonyl (C=O) groups excluding carboxylic acids is 1. The quantitative estimate of drug-likeness (QED) is 0.826. The number of hydrogen-bond acceptors (Lipinski definition) is 2. The van der Waals surface area contributed by atoms with Crippen LogP contribution >= 0.6 is 0 Å². The molecule has 1 amide bonds. The van der Waals surface area contributed by atoms with Gasteiger partial charge in [0.05, 0.1) is 7.11 Å². The minimum Gasteiger partial charge on any atom is -0.497 e. The smallest absolute Gasteiger partial charge is 0.251 e. The number of carbonyl (C=O) groups is 1. The molecule has 2 aliphatic rings. The Hall–Kier alpha value is -1.51. The average Bonchev–Trinajstić information content (AvgIpc) is 2.44. The Balaban J connectivity index is 2.08. The van der Waals surface area contributed by atoms with Crippen molar-refractivity contribution >= 4 is 5.91 Å². The van der Waals surface area contributed by atoms with Gasteiger partial charge in [-0.1, -0.05) is 25.3 Å². The standard InChI is InChI=1S/C15H19NO2/c1-18-11-5-6-13-12(9-11)14(17)16-10-15(13)7-3-2-4-8-15/h5-6,9H,2-4,7-8,10H2,1H3,(H,16,17). The third kappa shape index (κ3) is 1.69. The van der Waals surface area contributed by atoms with Crippen LogP contribution in [0, 0.1) is 0 Å². The number of nitrogens with one attached hydrogen (secondary N) is 1. The van der Waals surface area contributed by atoms with E-state index in [1.54, 1.807) is 7.11 Å². The van der Waals surface area contributed by atoms with Gasteiger partial charge in [0.2, 0.25) is 0 Å². The highest BCUT2D eigenvalue weighted by Gasteiger charge is 2.40. The zero-order chi connectivity index (χ0) is 12.6. The second-order valence-electron chi connectivity index (χ2n) is 5.44. The minimum atomic E-state index is 0.0418. The van der Waals surface area contributed by atoms with Crippen LogP contribution in [0.25, 0.3) is 0 Å². The van der Waals surface area contributed by atoms with Gasteiger partial charge >= 0.3 is 0 Å². The van der Waals surface area contributed by atoms with Gasteiger partial charge in [0.25, 0.3) is 5.91 Å². The fourth-order valence-electron chi connectivity index (χ4n) is 3.42. The number of amides is 1. The molecule has 3 rings (SSSR count). The van der Waals surface area contributed by atoms with E-state index < -0.39 is 0 Å². The summed E-state index contributed by atoms with van der Waals surface area (Å²) >= 11 is 0. The summed E-state index contributed by atoms with van der Waals surface area (Å²) in [6.45, 7) is 0.797. The van der Waals surface area contributed by atoms with E-state index in [9.17, 15) is 4.79 Å². The summed E-state index contributed by atoms with van der Waals surface area (Å²) in [5, 5.41) is 3.06. The Morgan fingerprint density at radius 2 is 2.00 bits per heavy atom. The van der Waals surface area contributed by atoms with Gasteiger partial charge in [-0.2, -0.15) is 0 Å². The first-order chi connectivity index (χ1) is 8.75. The summed E-state index contributed by atoms with van der Waals surface area (Å²) in [5.41, 5.74) is 2.21. The largest absolute Gasteiger partial charge is 0.497 e. The summed E-state index contributed by atoms with van der Waals surface area (Å²) in [4.78, 5) is 12.0. The molecule has 0 aromatic heterocycles. The number of fused-ring (bicyclic) bond motifs is 2. The van der Waals surface area contributed by atoms with E-state index in [4.69, 9.17) is 4.74 Å². The number of rotatable bonds is 1. The van der Waals surface area contributed by atoms with Crippen LogP contribution in [0.4, 0.5) is 0 Å². The molecule has 1 aliphatic heterocycles. The number of hydrogen-bond donors (Lipinski definition) is 1. The Kier molecular flexibility index (Phi) is 2.77. The van der Waals surface area contributed by atoms with Crippen LogP contribution in [0.5, 0.6) is 5.75 Å². The van der Waals surface area contributed by atoms with Crippen LogP contribution in [-0.4, -0.2) is 19.6 Å². The Morgan fingerprint density at radius 3 is 2.72 bits per heavy atom. The molecule has 1 spiro atoms. The predicted octanol–water partition coefficient (Wildman–Crippen LogP) is 2.64. The average molecular weight is 245 g/mol. The molecular weight excluding hydrogens is 226 g/mol. The number of benzene rings is 1. The highest BCUT2D eigenvalue weighted by atomic mass is 16.5. The van der Waals surface area contributed by atoms with Gasteiger partial charge < -0.3 is 10.1 Å². The second-order valence-corrected chi connectivity index (χ2v) is 5.44. The molecule has 1 heterocycles. The lowest BCUT2D eigenvalue weighted by Crippen LogP contribution is -2.47. The van der Waals surface area contributed by atoms with E-state index in [0.717, 1.165) is 17.9 Å². The SMILES string of the molecule is COc1ccc2c(c1)C(=O)NCC21CCCCC1. The van der Waals surface area contributed by atoms with Crippen molar-refractivity contribution in [1.82, 2.24) is 5.32 Å². The monoisotopic (exact) mass is 245 g/mol. The molecular formula is C15H19NO2. The zero-order valence-electron chi connectivity index (χ0n) is 10.8. The summed E-state index contributed by atoms with van der Waals surface area (Å²) in [6, 6.07) is 5.95. The molecule has 18 heavy (non-hydrogen) atoms. The van der Waals surface area contributed by atoms with E-state index in [2.05, 4.69) is 11.4 Å². The number of ether oxygens (including phenoxy) is 1. The third-order valence-electron chi connectivity index (χ3n) is 4.44. The second kappa shape index (κ2) is 4.30. The van der Waals surface area contributed by atoms with Crippen molar-refractivity contribution in [2.45, 2.75) is 37.5 Å². The molecule has 1 aliphatic carbocycles.